The van der Waals surface area contributed by atoms with Gasteiger partial charge in [-0.2, -0.15) is 0 Å². The van der Waals surface area contributed by atoms with E-state index < -0.39 is 0 Å². The summed E-state index contributed by atoms with van der Waals surface area (Å²) in [5.41, 5.74) is 4.91. The SMILES string of the molecule is CC(=S)c1ccc(-c2cccc(C)c2)cc1. The maximum Gasteiger partial charge on any atom is 0.0193 e. The monoisotopic (exact) mass is 226 g/mol. The molecule has 0 saturated heterocycles. The van der Waals surface area contributed by atoms with Gasteiger partial charge in [-0.05, 0) is 30.5 Å². The molecule has 2 rings (SSSR count). The summed E-state index contributed by atoms with van der Waals surface area (Å²) in [5, 5.41) is 0. The molecule has 0 bridgehead atoms. The lowest BCUT2D eigenvalue weighted by atomic mass is 10.0. The van der Waals surface area contributed by atoms with Gasteiger partial charge in [-0.1, -0.05) is 66.3 Å². The topological polar surface area (TPSA) is 0 Å². The van der Waals surface area contributed by atoms with E-state index in [-0.39, 0.29) is 0 Å². The van der Waals surface area contributed by atoms with Crippen LogP contribution >= 0.6 is 12.2 Å². The Kier molecular flexibility index (Phi) is 3.16. The molecule has 0 spiro atoms. The van der Waals surface area contributed by atoms with Crippen LogP contribution in [0.3, 0.4) is 0 Å². The summed E-state index contributed by atoms with van der Waals surface area (Å²) >= 11 is 5.14. The summed E-state index contributed by atoms with van der Waals surface area (Å²) in [6.45, 7) is 4.07. The summed E-state index contributed by atoms with van der Waals surface area (Å²) in [7, 11) is 0. The van der Waals surface area contributed by atoms with Crippen LogP contribution in [-0.4, -0.2) is 4.86 Å². The molecule has 0 heterocycles. The third-order valence-corrected chi connectivity index (χ3v) is 2.88. The van der Waals surface area contributed by atoms with E-state index in [9.17, 15) is 0 Å². The van der Waals surface area contributed by atoms with Crippen molar-refractivity contribution in [3.8, 4) is 11.1 Å². The minimum atomic E-state index is 0.941. The zero-order valence-electron chi connectivity index (χ0n) is 9.53. The van der Waals surface area contributed by atoms with Gasteiger partial charge in [0.15, 0.2) is 0 Å². The average molecular weight is 226 g/mol. The molecule has 0 aliphatic carbocycles. The van der Waals surface area contributed by atoms with Gasteiger partial charge < -0.3 is 0 Å². The van der Waals surface area contributed by atoms with Gasteiger partial charge in [0.05, 0.1) is 0 Å². The zero-order chi connectivity index (χ0) is 11.5. The maximum atomic E-state index is 5.14. The van der Waals surface area contributed by atoms with Crippen LogP contribution in [0.4, 0.5) is 0 Å². The maximum absolute atomic E-state index is 5.14. The van der Waals surface area contributed by atoms with Crippen LogP contribution in [0.5, 0.6) is 0 Å². The fraction of sp³-hybridized carbons (Fsp3) is 0.133. The molecule has 0 saturated carbocycles. The summed E-state index contributed by atoms with van der Waals surface area (Å²) in [5.74, 6) is 0. The smallest absolute Gasteiger partial charge is 0.0193 e. The van der Waals surface area contributed by atoms with Crippen molar-refractivity contribution in [3.63, 3.8) is 0 Å². The molecule has 0 radical (unpaired) electrons. The molecule has 0 aliphatic rings. The molecule has 16 heavy (non-hydrogen) atoms. The number of hydrogen-bond acceptors (Lipinski definition) is 1. The molecule has 0 amide bonds. The molecule has 0 nitrogen and oxygen atoms in total. The number of aryl methyl sites for hydroxylation is 1. The van der Waals surface area contributed by atoms with E-state index in [0.717, 1.165) is 10.4 Å². The van der Waals surface area contributed by atoms with Gasteiger partial charge in [-0.25, -0.2) is 0 Å². The highest BCUT2D eigenvalue weighted by Gasteiger charge is 1.99. The van der Waals surface area contributed by atoms with E-state index in [1.54, 1.807) is 0 Å². The summed E-state index contributed by atoms with van der Waals surface area (Å²) in [4.78, 5) is 0.941. The van der Waals surface area contributed by atoms with Crippen LogP contribution in [-0.2, 0) is 0 Å². The number of hydrogen-bond donors (Lipinski definition) is 0. The first-order valence-electron chi connectivity index (χ1n) is 5.35. The van der Waals surface area contributed by atoms with Gasteiger partial charge in [0.2, 0.25) is 0 Å². The number of benzene rings is 2. The Morgan fingerprint density at radius 2 is 1.62 bits per heavy atom. The lowest BCUT2D eigenvalue weighted by Gasteiger charge is -2.04. The predicted octanol–water partition coefficient (Wildman–Crippen LogP) is 4.40. The molecular weight excluding hydrogens is 212 g/mol. The van der Waals surface area contributed by atoms with Gasteiger partial charge in [0, 0.05) is 4.86 Å². The van der Waals surface area contributed by atoms with E-state index in [1.807, 2.05) is 6.92 Å². The van der Waals surface area contributed by atoms with Crippen molar-refractivity contribution in [1.82, 2.24) is 0 Å². The second kappa shape index (κ2) is 4.58. The first-order chi connectivity index (χ1) is 7.66. The fourth-order valence-corrected chi connectivity index (χ4v) is 1.86. The normalized spacial score (nSPS) is 10.1. The first-order valence-corrected chi connectivity index (χ1v) is 5.76. The predicted molar refractivity (Wildman–Crippen MR) is 74.0 cm³/mol. The van der Waals surface area contributed by atoms with Crippen molar-refractivity contribution in [2.24, 2.45) is 0 Å². The Hall–Kier alpha value is -1.47. The number of thiocarbonyl (C=S) groups is 1. The molecule has 80 valence electrons. The first kappa shape index (κ1) is 11.0. The second-order valence-corrected chi connectivity index (χ2v) is 4.62. The molecule has 0 aromatic heterocycles. The third kappa shape index (κ3) is 2.37. The van der Waals surface area contributed by atoms with E-state index in [4.69, 9.17) is 12.2 Å². The second-order valence-electron chi connectivity index (χ2n) is 4.00. The lowest BCUT2D eigenvalue weighted by Crippen LogP contribution is -1.89. The number of rotatable bonds is 2. The van der Waals surface area contributed by atoms with E-state index >= 15 is 0 Å². The molecule has 2 aromatic carbocycles. The summed E-state index contributed by atoms with van der Waals surface area (Å²) in [6, 6.07) is 16.9. The molecule has 0 atom stereocenters. The van der Waals surface area contributed by atoms with Gasteiger partial charge in [-0.15, -0.1) is 0 Å². The van der Waals surface area contributed by atoms with E-state index in [2.05, 4.69) is 55.5 Å². The highest BCUT2D eigenvalue weighted by Crippen LogP contribution is 2.20. The van der Waals surface area contributed by atoms with Crippen molar-refractivity contribution in [3.05, 3.63) is 59.7 Å². The summed E-state index contributed by atoms with van der Waals surface area (Å²) < 4.78 is 0. The van der Waals surface area contributed by atoms with Crippen LogP contribution in [0.1, 0.15) is 18.1 Å². The Morgan fingerprint density at radius 3 is 2.19 bits per heavy atom. The van der Waals surface area contributed by atoms with Crippen molar-refractivity contribution >= 4 is 17.1 Å². The zero-order valence-corrected chi connectivity index (χ0v) is 10.3. The van der Waals surface area contributed by atoms with Crippen molar-refractivity contribution < 1.29 is 0 Å². The van der Waals surface area contributed by atoms with E-state index in [0.29, 0.717) is 0 Å². The molecule has 0 fully saturated rings. The van der Waals surface area contributed by atoms with Gasteiger partial charge in [-0.3, -0.25) is 0 Å². The third-order valence-electron chi connectivity index (χ3n) is 2.64. The standard InChI is InChI=1S/C15H14S/c1-11-4-3-5-15(10-11)14-8-6-13(7-9-14)12(2)16/h3-10H,1-2H3. The average Bonchev–Trinajstić information content (AvgIpc) is 2.29. The molecule has 0 N–H and O–H groups in total. The Balaban J connectivity index is 2.38. The largest absolute Gasteiger partial charge is 0.0846 e. The molecule has 2 aromatic rings. The van der Waals surface area contributed by atoms with Gasteiger partial charge in [0.25, 0.3) is 0 Å². The fourth-order valence-electron chi connectivity index (χ4n) is 1.72. The quantitative estimate of drug-likeness (QED) is 0.540. The minimum absolute atomic E-state index is 0.941. The summed E-state index contributed by atoms with van der Waals surface area (Å²) in [6.07, 6.45) is 0. The minimum Gasteiger partial charge on any atom is -0.0846 e. The van der Waals surface area contributed by atoms with Crippen molar-refractivity contribution in [2.45, 2.75) is 13.8 Å². The molecule has 0 aliphatic heterocycles. The highest BCUT2D eigenvalue weighted by atomic mass is 32.1. The Morgan fingerprint density at radius 1 is 0.938 bits per heavy atom. The molecular formula is C15H14S. The van der Waals surface area contributed by atoms with E-state index in [1.165, 1.54) is 16.7 Å². The van der Waals surface area contributed by atoms with Crippen molar-refractivity contribution in [2.75, 3.05) is 0 Å². The van der Waals surface area contributed by atoms with Crippen LogP contribution in [0.25, 0.3) is 11.1 Å². The Labute approximate surface area is 102 Å². The van der Waals surface area contributed by atoms with Crippen LogP contribution in [0.15, 0.2) is 48.5 Å². The van der Waals surface area contributed by atoms with Crippen LogP contribution in [0, 0.1) is 6.92 Å². The lowest BCUT2D eigenvalue weighted by molar-refractivity contribution is 1.46. The van der Waals surface area contributed by atoms with Crippen molar-refractivity contribution in [1.29, 1.82) is 0 Å². The van der Waals surface area contributed by atoms with Crippen LogP contribution in [0.2, 0.25) is 0 Å². The van der Waals surface area contributed by atoms with Gasteiger partial charge in [0.1, 0.15) is 0 Å². The Bertz CT molecular complexity index is 509. The van der Waals surface area contributed by atoms with Gasteiger partial charge >= 0.3 is 0 Å². The molecule has 1 heteroatoms. The molecule has 0 unspecified atom stereocenters. The van der Waals surface area contributed by atoms with Crippen LogP contribution < -0.4 is 0 Å². The highest BCUT2D eigenvalue weighted by molar-refractivity contribution is 7.80.